The number of para-hydroxylation sites is 1. The second kappa shape index (κ2) is 15.4. The van der Waals surface area contributed by atoms with Crippen LogP contribution in [-0.4, -0.2) is 89.0 Å². The molecule has 278 valence electrons. The van der Waals surface area contributed by atoms with Crippen molar-refractivity contribution >= 4 is 29.8 Å². The highest BCUT2D eigenvalue weighted by molar-refractivity contribution is 5.98. The van der Waals surface area contributed by atoms with Gasteiger partial charge in [0.25, 0.3) is 5.91 Å². The quantitative estimate of drug-likeness (QED) is 0.306. The molecule has 6 atom stereocenters. The lowest BCUT2D eigenvalue weighted by Crippen LogP contribution is -2.58. The maximum Gasteiger partial charge on any atom is 0.408 e. The number of rotatable bonds is 6. The van der Waals surface area contributed by atoms with Crippen molar-refractivity contribution in [2.45, 2.75) is 89.4 Å². The van der Waals surface area contributed by atoms with Gasteiger partial charge in [-0.05, 0) is 83.7 Å². The smallest absolute Gasteiger partial charge is 0.408 e. The molecule has 1 saturated carbocycles. The van der Waals surface area contributed by atoms with E-state index in [0.29, 0.717) is 42.9 Å². The van der Waals surface area contributed by atoms with Gasteiger partial charge >= 0.3 is 12.1 Å². The number of hydrogen-bond donors (Lipinski definition) is 2. The summed E-state index contributed by atoms with van der Waals surface area (Å²) < 4.78 is 16.9. The summed E-state index contributed by atoms with van der Waals surface area (Å²) in [6.07, 6.45) is 7.27. The highest BCUT2D eigenvalue weighted by Crippen LogP contribution is 2.47. The third-order valence-corrected chi connectivity index (χ3v) is 10.3. The molecule has 1 unspecified atom stereocenters. The second-order valence-corrected chi connectivity index (χ2v) is 15.3. The van der Waals surface area contributed by atoms with Crippen LogP contribution in [0.15, 0.2) is 66.7 Å². The van der Waals surface area contributed by atoms with Crippen molar-refractivity contribution in [1.82, 2.24) is 20.4 Å². The molecule has 3 aliphatic heterocycles. The number of amides is 4. The van der Waals surface area contributed by atoms with E-state index in [0.717, 1.165) is 19.3 Å². The minimum Gasteiger partial charge on any atom is -0.464 e. The van der Waals surface area contributed by atoms with E-state index in [-0.39, 0.29) is 43.3 Å². The van der Waals surface area contributed by atoms with Gasteiger partial charge in [0.15, 0.2) is 0 Å². The maximum atomic E-state index is 14.5. The highest BCUT2D eigenvalue weighted by atomic mass is 16.6. The zero-order valence-electron chi connectivity index (χ0n) is 30.5. The molecule has 2 saturated heterocycles. The topological polar surface area (TPSA) is 144 Å². The molecule has 4 aliphatic rings. The van der Waals surface area contributed by atoms with E-state index >= 15 is 0 Å². The maximum absolute atomic E-state index is 14.5. The number of nitrogens with zero attached hydrogens (tertiary/aromatic N) is 2. The molecule has 6 rings (SSSR count). The number of allylic oxidation sites excluding steroid dienone is 1. The molecule has 4 amide bonds. The van der Waals surface area contributed by atoms with Gasteiger partial charge in [-0.3, -0.25) is 14.4 Å². The molecule has 0 aromatic heterocycles. The van der Waals surface area contributed by atoms with Crippen LogP contribution in [-0.2, 0) is 23.9 Å². The largest absolute Gasteiger partial charge is 0.464 e. The van der Waals surface area contributed by atoms with Gasteiger partial charge in [-0.25, -0.2) is 9.59 Å². The van der Waals surface area contributed by atoms with Crippen LogP contribution >= 0.6 is 0 Å². The average Bonchev–Trinajstić information content (AvgIpc) is 3.44. The first kappa shape index (κ1) is 36.9. The van der Waals surface area contributed by atoms with E-state index < -0.39 is 47.1 Å². The number of nitrogens with one attached hydrogen (secondary N) is 2. The lowest BCUT2D eigenvalue weighted by molar-refractivity contribution is -0.150. The number of likely N-dealkylation sites (tertiary alicyclic amines) is 1. The molecule has 12 heteroatoms. The van der Waals surface area contributed by atoms with E-state index in [4.69, 9.17) is 14.2 Å². The molecule has 1 aliphatic carbocycles. The Morgan fingerprint density at radius 1 is 0.962 bits per heavy atom. The Morgan fingerprint density at radius 2 is 1.73 bits per heavy atom. The fourth-order valence-electron chi connectivity index (χ4n) is 7.73. The lowest BCUT2D eigenvalue weighted by atomic mass is 9.93. The number of benzene rings is 2. The lowest BCUT2D eigenvalue weighted by Gasteiger charge is -2.33. The summed E-state index contributed by atoms with van der Waals surface area (Å²) in [5, 5.41) is 5.82. The monoisotopic (exact) mass is 714 g/mol. The normalized spacial score (nSPS) is 28.2. The predicted octanol–water partition coefficient (Wildman–Crippen LogP) is 5.23. The molecule has 2 N–H and O–H groups in total. The molecule has 52 heavy (non-hydrogen) atoms. The van der Waals surface area contributed by atoms with Crippen molar-refractivity contribution in [2.24, 2.45) is 17.8 Å². The first-order valence-corrected chi connectivity index (χ1v) is 18.5. The first-order valence-electron chi connectivity index (χ1n) is 18.5. The summed E-state index contributed by atoms with van der Waals surface area (Å²) in [6, 6.07) is 14.4. The van der Waals surface area contributed by atoms with E-state index in [2.05, 4.69) is 10.6 Å². The fraction of sp³-hybridized carbons (Fsp3) is 0.525. The predicted molar refractivity (Wildman–Crippen MR) is 192 cm³/mol. The molecule has 2 aromatic carbocycles. The summed E-state index contributed by atoms with van der Waals surface area (Å²) in [5.41, 5.74) is -1.54. The Morgan fingerprint density at radius 3 is 2.48 bits per heavy atom. The van der Waals surface area contributed by atoms with Gasteiger partial charge in [-0.1, -0.05) is 49.3 Å². The van der Waals surface area contributed by atoms with Crippen molar-refractivity contribution in [3.8, 4) is 11.5 Å². The zero-order valence-corrected chi connectivity index (χ0v) is 30.5. The minimum atomic E-state index is -1.22. The van der Waals surface area contributed by atoms with Gasteiger partial charge < -0.3 is 34.6 Å². The van der Waals surface area contributed by atoms with Crippen molar-refractivity contribution < 1.29 is 38.2 Å². The molecule has 3 fully saturated rings. The highest BCUT2D eigenvalue weighted by Gasteiger charge is 2.63. The Kier molecular flexibility index (Phi) is 10.9. The van der Waals surface area contributed by atoms with Crippen molar-refractivity contribution in [3.05, 3.63) is 72.3 Å². The fourth-order valence-corrected chi connectivity index (χ4v) is 7.73. The van der Waals surface area contributed by atoms with E-state index in [1.165, 1.54) is 0 Å². The van der Waals surface area contributed by atoms with Crippen LogP contribution in [0.2, 0.25) is 0 Å². The third-order valence-electron chi connectivity index (χ3n) is 10.3. The number of carbonyl (C=O) groups is 5. The number of esters is 1. The van der Waals surface area contributed by atoms with Gasteiger partial charge in [-0.2, -0.15) is 0 Å². The summed E-state index contributed by atoms with van der Waals surface area (Å²) in [5.74, 6) is -1.22. The molecular weight excluding hydrogens is 664 g/mol. The van der Waals surface area contributed by atoms with Crippen LogP contribution < -0.4 is 15.4 Å². The van der Waals surface area contributed by atoms with E-state index in [1.54, 1.807) is 61.8 Å². The van der Waals surface area contributed by atoms with Crippen LogP contribution in [0.3, 0.4) is 0 Å². The van der Waals surface area contributed by atoms with Gasteiger partial charge in [0.2, 0.25) is 11.8 Å². The molecular formula is C40H50N4O8. The number of hydrogen-bond acceptors (Lipinski definition) is 8. The summed E-state index contributed by atoms with van der Waals surface area (Å²) in [4.78, 5) is 72.4. The first-order chi connectivity index (χ1) is 24.9. The molecule has 0 spiro atoms. The Bertz CT molecular complexity index is 1690. The number of carbonyl (C=O) groups excluding carboxylic acids is 5. The average molecular weight is 715 g/mol. The van der Waals surface area contributed by atoms with Crippen LogP contribution in [0.1, 0.15) is 76.6 Å². The van der Waals surface area contributed by atoms with Crippen LogP contribution in [0.4, 0.5) is 4.79 Å². The summed E-state index contributed by atoms with van der Waals surface area (Å²) >= 11 is 0. The van der Waals surface area contributed by atoms with Gasteiger partial charge in [0.1, 0.15) is 34.7 Å². The van der Waals surface area contributed by atoms with E-state index in [9.17, 15) is 24.0 Å². The van der Waals surface area contributed by atoms with Gasteiger partial charge in [-0.15, -0.1) is 0 Å². The number of ether oxygens (including phenoxy) is 3. The van der Waals surface area contributed by atoms with Crippen LogP contribution in [0, 0.1) is 17.8 Å². The van der Waals surface area contributed by atoms with Crippen LogP contribution in [0.25, 0.3) is 0 Å². The Balaban J connectivity index is 1.27. The number of alkyl carbamates (subject to hydrolysis) is 1. The minimum absolute atomic E-state index is 0.165. The molecule has 0 radical (unpaired) electrons. The summed E-state index contributed by atoms with van der Waals surface area (Å²) in [7, 11) is 0. The van der Waals surface area contributed by atoms with E-state index in [1.807, 2.05) is 42.5 Å². The molecule has 0 bridgehead atoms. The molecule has 2 aromatic rings. The van der Waals surface area contributed by atoms with Crippen molar-refractivity contribution in [3.63, 3.8) is 0 Å². The second-order valence-electron chi connectivity index (χ2n) is 15.3. The van der Waals surface area contributed by atoms with Crippen LogP contribution in [0.5, 0.6) is 11.5 Å². The summed E-state index contributed by atoms with van der Waals surface area (Å²) in [6.45, 7) is 7.93. The standard InChI is InChI=1S/C40H50N4O8/c1-5-50-37(48)40-22-28(40)16-10-7-6-8-13-20-32(41-38(49)52-39(2,3)4)36(47)44-24-27-23-43(25-31(27)33(44)34(45)42-40)35(46)26-15-14-19-30(21-26)51-29-17-11-9-12-18-29/h9-12,14-19,21,27-28,31-33H,5-8,13,20,22-25H2,1-4H3,(H,41,49)(H,42,45)/b16-10-/t27-,28+,31-,32-,33-,40?/m0/s1. The Labute approximate surface area is 305 Å². The molecule has 12 nitrogen and oxygen atoms in total. The van der Waals surface area contributed by atoms with Crippen molar-refractivity contribution in [2.75, 3.05) is 26.2 Å². The van der Waals surface area contributed by atoms with Gasteiger partial charge in [0.05, 0.1) is 6.61 Å². The SMILES string of the molecule is CCOC(=O)C12C[C@H]1/C=C\CCCCC[C@H](NC(=O)OC(C)(C)C)C(=O)N1C[C@@H]3CN(C(=O)c4cccc(Oc5ccccc5)c4)C[C@@H]3[C@H]1C(=O)N2. The van der Waals surface area contributed by atoms with Gasteiger partial charge in [0, 0.05) is 43.0 Å². The zero-order chi connectivity index (χ0) is 37.0. The molecule has 3 heterocycles. The third kappa shape index (κ3) is 8.26. The number of fused-ring (bicyclic) bond motifs is 4. The van der Waals surface area contributed by atoms with Crippen molar-refractivity contribution in [1.29, 1.82) is 0 Å². The Hall–Kier alpha value is -4.87.